The normalized spacial score (nSPS) is 17.1. The maximum absolute atomic E-state index is 5.46. The molecule has 0 saturated heterocycles. The predicted octanol–water partition coefficient (Wildman–Crippen LogP) is 1.70. The first-order valence-electron chi connectivity index (χ1n) is 7.65. The second-order valence-corrected chi connectivity index (χ2v) is 6.11. The summed E-state index contributed by atoms with van der Waals surface area (Å²) >= 11 is 0. The molecule has 1 fully saturated rings. The molecule has 0 spiro atoms. The second kappa shape index (κ2) is 7.20. The van der Waals surface area contributed by atoms with Crippen molar-refractivity contribution < 1.29 is 4.52 Å². The summed E-state index contributed by atoms with van der Waals surface area (Å²) in [4.78, 5) is 4.64. The molecule has 1 saturated carbocycles. The van der Waals surface area contributed by atoms with Crippen LogP contribution in [-0.2, 0) is 13.1 Å². The first-order chi connectivity index (χ1) is 9.58. The molecule has 1 aromatic heterocycles. The van der Waals surface area contributed by atoms with Crippen LogP contribution >= 0.6 is 0 Å². The number of rotatable bonds is 9. The lowest BCUT2D eigenvalue weighted by Gasteiger charge is -2.28. The Morgan fingerprint density at radius 1 is 1.45 bits per heavy atom. The number of nitrogens with zero attached hydrogens (tertiary/aromatic N) is 3. The SMILES string of the molecule is CCN(Cc1cc(CNC2CC2)no1)C(C)CN(C)C. The fourth-order valence-corrected chi connectivity index (χ4v) is 2.47. The van der Waals surface area contributed by atoms with Crippen LogP contribution in [0.25, 0.3) is 0 Å². The van der Waals surface area contributed by atoms with Gasteiger partial charge in [0.05, 0.1) is 12.2 Å². The van der Waals surface area contributed by atoms with Crippen LogP contribution in [0.15, 0.2) is 10.6 Å². The second-order valence-electron chi connectivity index (χ2n) is 6.11. The van der Waals surface area contributed by atoms with Gasteiger partial charge in [-0.05, 0) is 40.4 Å². The Balaban J connectivity index is 1.83. The van der Waals surface area contributed by atoms with Gasteiger partial charge in [-0.2, -0.15) is 0 Å². The number of hydrogen-bond donors (Lipinski definition) is 1. The van der Waals surface area contributed by atoms with Crippen molar-refractivity contribution in [3.63, 3.8) is 0 Å². The lowest BCUT2D eigenvalue weighted by atomic mass is 10.2. The number of hydrogen-bond acceptors (Lipinski definition) is 5. The van der Waals surface area contributed by atoms with Gasteiger partial charge in [0.15, 0.2) is 5.76 Å². The number of nitrogens with one attached hydrogen (secondary N) is 1. The Kier molecular flexibility index (Phi) is 5.57. The molecule has 5 nitrogen and oxygen atoms in total. The molecular weight excluding hydrogens is 252 g/mol. The van der Waals surface area contributed by atoms with E-state index >= 15 is 0 Å². The van der Waals surface area contributed by atoms with E-state index in [9.17, 15) is 0 Å². The molecule has 1 aliphatic rings. The lowest BCUT2D eigenvalue weighted by Crippen LogP contribution is -2.39. The highest BCUT2D eigenvalue weighted by Gasteiger charge is 2.21. The van der Waals surface area contributed by atoms with Gasteiger partial charge in [-0.3, -0.25) is 4.90 Å². The average Bonchev–Trinajstić information content (AvgIpc) is 3.12. The molecule has 0 bridgehead atoms. The van der Waals surface area contributed by atoms with Gasteiger partial charge in [0.25, 0.3) is 0 Å². The monoisotopic (exact) mass is 280 g/mol. The highest BCUT2D eigenvalue weighted by atomic mass is 16.5. The molecule has 0 radical (unpaired) electrons. The van der Waals surface area contributed by atoms with Crippen molar-refractivity contribution in [3.05, 3.63) is 17.5 Å². The molecule has 1 aromatic rings. The average molecular weight is 280 g/mol. The van der Waals surface area contributed by atoms with Gasteiger partial charge < -0.3 is 14.7 Å². The van der Waals surface area contributed by atoms with Gasteiger partial charge in [0, 0.05) is 31.2 Å². The molecule has 1 heterocycles. The van der Waals surface area contributed by atoms with Crippen molar-refractivity contribution in [2.75, 3.05) is 27.2 Å². The summed E-state index contributed by atoms with van der Waals surface area (Å²) < 4.78 is 5.46. The topological polar surface area (TPSA) is 44.5 Å². The van der Waals surface area contributed by atoms with Crippen molar-refractivity contribution in [1.82, 2.24) is 20.3 Å². The van der Waals surface area contributed by atoms with E-state index in [0.717, 1.165) is 37.6 Å². The first kappa shape index (κ1) is 15.5. The molecule has 1 unspecified atom stereocenters. The van der Waals surface area contributed by atoms with Gasteiger partial charge in [-0.25, -0.2) is 0 Å². The third-order valence-corrected chi connectivity index (χ3v) is 3.77. The molecule has 0 amide bonds. The van der Waals surface area contributed by atoms with Crippen molar-refractivity contribution in [2.45, 2.75) is 51.9 Å². The van der Waals surface area contributed by atoms with Gasteiger partial charge >= 0.3 is 0 Å². The summed E-state index contributed by atoms with van der Waals surface area (Å²) in [5.41, 5.74) is 1.02. The van der Waals surface area contributed by atoms with E-state index in [1.165, 1.54) is 12.8 Å². The van der Waals surface area contributed by atoms with Crippen molar-refractivity contribution in [3.8, 4) is 0 Å². The lowest BCUT2D eigenvalue weighted by molar-refractivity contribution is 0.158. The van der Waals surface area contributed by atoms with E-state index in [1.807, 2.05) is 0 Å². The maximum Gasteiger partial charge on any atom is 0.151 e. The fourth-order valence-electron chi connectivity index (χ4n) is 2.47. The zero-order chi connectivity index (χ0) is 14.5. The molecule has 20 heavy (non-hydrogen) atoms. The summed E-state index contributed by atoms with van der Waals surface area (Å²) in [7, 11) is 4.22. The Morgan fingerprint density at radius 2 is 2.20 bits per heavy atom. The predicted molar refractivity (Wildman–Crippen MR) is 80.5 cm³/mol. The molecule has 0 aromatic carbocycles. The van der Waals surface area contributed by atoms with Gasteiger partial charge in [-0.15, -0.1) is 0 Å². The Hall–Kier alpha value is -0.910. The molecule has 0 aliphatic heterocycles. The fraction of sp³-hybridized carbons (Fsp3) is 0.800. The van der Waals surface area contributed by atoms with E-state index in [4.69, 9.17) is 4.52 Å². The van der Waals surface area contributed by atoms with Crippen LogP contribution in [-0.4, -0.2) is 54.2 Å². The van der Waals surface area contributed by atoms with E-state index in [2.05, 4.69) is 54.3 Å². The minimum Gasteiger partial charge on any atom is -0.360 e. The van der Waals surface area contributed by atoms with Crippen LogP contribution in [0.2, 0.25) is 0 Å². The molecule has 1 aliphatic carbocycles. The molecule has 114 valence electrons. The number of aromatic nitrogens is 1. The molecular formula is C15H28N4O. The van der Waals surface area contributed by atoms with E-state index in [1.54, 1.807) is 0 Å². The van der Waals surface area contributed by atoms with Crippen molar-refractivity contribution >= 4 is 0 Å². The van der Waals surface area contributed by atoms with Crippen LogP contribution in [0.4, 0.5) is 0 Å². The third kappa shape index (κ3) is 4.89. The molecule has 5 heteroatoms. The number of likely N-dealkylation sites (N-methyl/N-ethyl adjacent to an activating group) is 2. The third-order valence-electron chi connectivity index (χ3n) is 3.77. The minimum atomic E-state index is 0.508. The zero-order valence-corrected chi connectivity index (χ0v) is 13.2. The summed E-state index contributed by atoms with van der Waals surface area (Å²) in [6.45, 7) is 8.19. The Morgan fingerprint density at radius 3 is 2.80 bits per heavy atom. The van der Waals surface area contributed by atoms with Crippen LogP contribution in [0.1, 0.15) is 38.1 Å². The summed E-state index contributed by atoms with van der Waals surface area (Å²) in [5, 5.41) is 7.61. The van der Waals surface area contributed by atoms with Crippen LogP contribution in [0, 0.1) is 0 Å². The van der Waals surface area contributed by atoms with Crippen molar-refractivity contribution in [1.29, 1.82) is 0 Å². The largest absolute Gasteiger partial charge is 0.360 e. The summed E-state index contributed by atoms with van der Waals surface area (Å²) in [6, 6.07) is 3.30. The highest BCUT2D eigenvalue weighted by Crippen LogP contribution is 2.19. The Labute approximate surface area is 122 Å². The van der Waals surface area contributed by atoms with Gasteiger partial charge in [0.2, 0.25) is 0 Å². The highest BCUT2D eigenvalue weighted by molar-refractivity contribution is 5.06. The van der Waals surface area contributed by atoms with E-state index in [0.29, 0.717) is 12.1 Å². The molecule has 2 rings (SSSR count). The smallest absolute Gasteiger partial charge is 0.151 e. The van der Waals surface area contributed by atoms with E-state index in [-0.39, 0.29) is 0 Å². The maximum atomic E-state index is 5.46. The van der Waals surface area contributed by atoms with Crippen LogP contribution < -0.4 is 5.32 Å². The van der Waals surface area contributed by atoms with Crippen LogP contribution in [0.5, 0.6) is 0 Å². The van der Waals surface area contributed by atoms with E-state index < -0.39 is 0 Å². The quantitative estimate of drug-likeness (QED) is 0.746. The standard InChI is InChI=1S/C15H28N4O/c1-5-19(12(2)10-18(3)4)11-15-8-14(17-20-15)9-16-13-6-7-13/h8,12-13,16H,5-7,9-11H2,1-4H3. The molecule has 1 N–H and O–H groups in total. The van der Waals surface area contributed by atoms with Crippen molar-refractivity contribution in [2.24, 2.45) is 0 Å². The summed E-state index contributed by atoms with van der Waals surface area (Å²) in [5.74, 6) is 0.963. The Bertz CT molecular complexity index is 400. The molecule has 1 atom stereocenters. The first-order valence-corrected chi connectivity index (χ1v) is 7.65. The zero-order valence-electron chi connectivity index (χ0n) is 13.2. The van der Waals surface area contributed by atoms with Crippen LogP contribution in [0.3, 0.4) is 0 Å². The minimum absolute atomic E-state index is 0.508. The van der Waals surface area contributed by atoms with Gasteiger partial charge in [0.1, 0.15) is 0 Å². The van der Waals surface area contributed by atoms with Gasteiger partial charge in [-0.1, -0.05) is 12.1 Å². The summed E-state index contributed by atoms with van der Waals surface area (Å²) in [6.07, 6.45) is 2.60.